The highest BCUT2D eigenvalue weighted by Gasteiger charge is 1.87. The third kappa shape index (κ3) is 3.02. The largest absolute Gasteiger partial charge is 0.443 e. The number of rotatable bonds is 2. The third-order valence-electron chi connectivity index (χ3n) is 1.10. The SMILES string of the molecule is O=Cc1ncco1.O=Cc1ncco1. The Kier molecular flexibility index (Phi) is 3.81. The van der Waals surface area contributed by atoms with Gasteiger partial charge < -0.3 is 8.83 Å². The fourth-order valence-electron chi connectivity index (χ4n) is 0.585. The predicted molar refractivity (Wildman–Crippen MR) is 43.8 cm³/mol. The lowest BCUT2D eigenvalue weighted by Gasteiger charge is -1.66. The molecule has 0 saturated carbocycles. The van der Waals surface area contributed by atoms with Gasteiger partial charge in [0.05, 0.1) is 12.4 Å². The minimum atomic E-state index is 0.125. The molecule has 0 fully saturated rings. The van der Waals surface area contributed by atoms with Crippen molar-refractivity contribution in [2.75, 3.05) is 0 Å². The molecular formula is C8H6N2O4. The van der Waals surface area contributed by atoms with E-state index in [0.29, 0.717) is 12.6 Å². The minimum absolute atomic E-state index is 0.125. The van der Waals surface area contributed by atoms with Crippen LogP contribution in [0.2, 0.25) is 0 Å². The van der Waals surface area contributed by atoms with Crippen LogP contribution in [-0.2, 0) is 0 Å². The highest BCUT2D eigenvalue weighted by Crippen LogP contribution is 1.86. The summed E-state index contributed by atoms with van der Waals surface area (Å²) >= 11 is 0. The maximum absolute atomic E-state index is 9.71. The lowest BCUT2D eigenvalue weighted by Crippen LogP contribution is -1.72. The van der Waals surface area contributed by atoms with Crippen molar-refractivity contribution < 1.29 is 18.4 Å². The van der Waals surface area contributed by atoms with E-state index < -0.39 is 0 Å². The third-order valence-corrected chi connectivity index (χ3v) is 1.10. The average molecular weight is 194 g/mol. The van der Waals surface area contributed by atoms with E-state index in [0.717, 1.165) is 0 Å². The summed E-state index contributed by atoms with van der Waals surface area (Å²) in [5.74, 6) is 0.250. The number of hydrogen-bond donors (Lipinski definition) is 0. The second-order valence-corrected chi connectivity index (χ2v) is 1.98. The van der Waals surface area contributed by atoms with Crippen molar-refractivity contribution >= 4 is 12.6 Å². The summed E-state index contributed by atoms with van der Waals surface area (Å²) in [6, 6.07) is 0. The predicted octanol–water partition coefficient (Wildman–Crippen LogP) is 0.974. The maximum Gasteiger partial charge on any atom is 0.259 e. The van der Waals surface area contributed by atoms with E-state index in [-0.39, 0.29) is 11.8 Å². The zero-order valence-electron chi connectivity index (χ0n) is 6.99. The van der Waals surface area contributed by atoms with E-state index in [4.69, 9.17) is 0 Å². The van der Waals surface area contributed by atoms with Crippen LogP contribution in [0.1, 0.15) is 21.4 Å². The van der Waals surface area contributed by atoms with E-state index >= 15 is 0 Å². The van der Waals surface area contributed by atoms with E-state index in [1.54, 1.807) is 0 Å². The Morgan fingerprint density at radius 1 is 0.929 bits per heavy atom. The van der Waals surface area contributed by atoms with Gasteiger partial charge in [-0.15, -0.1) is 0 Å². The fraction of sp³-hybridized carbons (Fsp3) is 0. The van der Waals surface area contributed by atoms with Gasteiger partial charge in [-0.1, -0.05) is 0 Å². The molecule has 0 aliphatic rings. The highest BCUT2D eigenvalue weighted by atomic mass is 16.3. The molecule has 2 heterocycles. The second-order valence-electron chi connectivity index (χ2n) is 1.98. The number of carbonyl (C=O) groups excluding carboxylic acids is 2. The van der Waals surface area contributed by atoms with E-state index in [1.807, 2.05) is 0 Å². The van der Waals surface area contributed by atoms with Crippen LogP contribution in [0, 0.1) is 0 Å². The van der Waals surface area contributed by atoms with Crippen LogP contribution >= 0.6 is 0 Å². The summed E-state index contributed by atoms with van der Waals surface area (Å²) in [7, 11) is 0. The quantitative estimate of drug-likeness (QED) is 0.662. The first-order valence-corrected chi connectivity index (χ1v) is 3.56. The number of oxazole rings is 2. The minimum Gasteiger partial charge on any atom is -0.443 e. The van der Waals surface area contributed by atoms with Gasteiger partial charge in [-0.05, 0) is 0 Å². The molecule has 2 aromatic rings. The van der Waals surface area contributed by atoms with E-state index in [9.17, 15) is 9.59 Å². The molecular weight excluding hydrogens is 188 g/mol. The van der Waals surface area contributed by atoms with Crippen molar-refractivity contribution in [2.24, 2.45) is 0 Å². The Labute approximate surface area is 78.6 Å². The molecule has 6 heteroatoms. The van der Waals surface area contributed by atoms with Crippen molar-refractivity contribution in [3.05, 3.63) is 36.7 Å². The Morgan fingerprint density at radius 2 is 1.36 bits per heavy atom. The zero-order valence-corrected chi connectivity index (χ0v) is 6.99. The number of carbonyl (C=O) groups is 2. The summed E-state index contributed by atoms with van der Waals surface area (Å²) in [5.41, 5.74) is 0. The van der Waals surface area contributed by atoms with Crippen molar-refractivity contribution in [1.29, 1.82) is 0 Å². The molecule has 2 aromatic heterocycles. The first kappa shape index (κ1) is 9.85. The molecule has 2 rings (SSSR count). The Balaban J connectivity index is 0.000000140. The lowest BCUT2D eigenvalue weighted by atomic mass is 10.8. The van der Waals surface area contributed by atoms with Gasteiger partial charge in [0, 0.05) is 0 Å². The van der Waals surface area contributed by atoms with Gasteiger partial charge in [0.15, 0.2) is 0 Å². The summed E-state index contributed by atoms with van der Waals surface area (Å²) < 4.78 is 9.01. The maximum atomic E-state index is 9.71. The molecule has 0 radical (unpaired) electrons. The summed E-state index contributed by atoms with van der Waals surface area (Å²) in [6.45, 7) is 0. The van der Waals surface area contributed by atoms with Crippen LogP contribution in [0.4, 0.5) is 0 Å². The molecule has 0 saturated heterocycles. The Hall–Kier alpha value is -2.24. The van der Waals surface area contributed by atoms with Crippen LogP contribution in [0.25, 0.3) is 0 Å². The van der Waals surface area contributed by atoms with Crippen LogP contribution < -0.4 is 0 Å². The molecule has 0 unspecified atom stereocenters. The number of aromatic nitrogens is 2. The normalized spacial score (nSPS) is 8.57. The lowest BCUT2D eigenvalue weighted by molar-refractivity contribution is 0.108. The molecule has 0 aliphatic heterocycles. The summed E-state index contributed by atoms with van der Waals surface area (Å²) in [5, 5.41) is 0. The fourth-order valence-corrected chi connectivity index (χ4v) is 0.585. The van der Waals surface area contributed by atoms with Gasteiger partial charge in [-0.25, -0.2) is 9.97 Å². The van der Waals surface area contributed by atoms with Gasteiger partial charge in [0.25, 0.3) is 11.8 Å². The first-order valence-electron chi connectivity index (χ1n) is 3.56. The van der Waals surface area contributed by atoms with Crippen molar-refractivity contribution in [3.8, 4) is 0 Å². The number of aldehydes is 2. The Bertz CT molecular complexity index is 328. The van der Waals surface area contributed by atoms with Crippen LogP contribution in [-0.4, -0.2) is 22.5 Å². The highest BCUT2D eigenvalue weighted by molar-refractivity contribution is 5.67. The van der Waals surface area contributed by atoms with Gasteiger partial charge in [-0.3, -0.25) is 9.59 Å². The van der Waals surface area contributed by atoms with E-state index in [2.05, 4.69) is 18.8 Å². The van der Waals surface area contributed by atoms with Crippen molar-refractivity contribution in [1.82, 2.24) is 9.97 Å². The number of nitrogens with zero attached hydrogens (tertiary/aromatic N) is 2. The summed E-state index contributed by atoms with van der Waals surface area (Å²) in [4.78, 5) is 26.4. The molecule has 0 amide bonds. The molecule has 0 spiro atoms. The summed E-state index contributed by atoms with van der Waals surface area (Å²) in [6.07, 6.45) is 6.65. The molecule has 0 atom stereocenters. The van der Waals surface area contributed by atoms with Crippen molar-refractivity contribution in [2.45, 2.75) is 0 Å². The molecule has 6 nitrogen and oxygen atoms in total. The Morgan fingerprint density at radius 3 is 1.50 bits per heavy atom. The van der Waals surface area contributed by atoms with Gasteiger partial charge >= 0.3 is 0 Å². The van der Waals surface area contributed by atoms with E-state index in [1.165, 1.54) is 24.9 Å². The molecule has 0 N–H and O–H groups in total. The van der Waals surface area contributed by atoms with Gasteiger partial charge in [-0.2, -0.15) is 0 Å². The first-order chi connectivity index (χ1) is 6.86. The topological polar surface area (TPSA) is 86.2 Å². The molecule has 0 bridgehead atoms. The molecule has 72 valence electrons. The molecule has 14 heavy (non-hydrogen) atoms. The van der Waals surface area contributed by atoms with Crippen LogP contribution in [0.3, 0.4) is 0 Å². The second kappa shape index (κ2) is 5.41. The molecule has 0 aliphatic carbocycles. The van der Waals surface area contributed by atoms with Crippen molar-refractivity contribution in [3.63, 3.8) is 0 Å². The van der Waals surface area contributed by atoms with Gasteiger partial charge in [0.2, 0.25) is 12.6 Å². The smallest absolute Gasteiger partial charge is 0.259 e. The van der Waals surface area contributed by atoms with Crippen LogP contribution in [0.5, 0.6) is 0 Å². The van der Waals surface area contributed by atoms with Gasteiger partial charge in [0.1, 0.15) is 12.5 Å². The number of hydrogen-bond acceptors (Lipinski definition) is 6. The monoisotopic (exact) mass is 194 g/mol. The average Bonchev–Trinajstić information content (AvgIpc) is 2.92. The zero-order chi connectivity index (χ0) is 10.2. The standard InChI is InChI=1S/2C4H3NO2/c2*6-3-4-5-1-2-7-4/h2*1-3H. The molecule has 0 aromatic carbocycles. The van der Waals surface area contributed by atoms with Crippen LogP contribution in [0.15, 0.2) is 33.8 Å².